The first-order chi connectivity index (χ1) is 10.3. The van der Waals surface area contributed by atoms with Crippen LogP contribution in [-0.4, -0.2) is 26.7 Å². The van der Waals surface area contributed by atoms with Gasteiger partial charge in [0.25, 0.3) is 0 Å². The molecule has 7 heteroatoms. The quantitative estimate of drug-likeness (QED) is 0.616. The van der Waals surface area contributed by atoms with Gasteiger partial charge in [0, 0.05) is 16.1 Å². The number of aromatic amines is 1. The maximum atomic E-state index is 12.1. The molecule has 4 rings (SSSR count). The van der Waals surface area contributed by atoms with E-state index in [-0.39, 0.29) is 5.69 Å². The van der Waals surface area contributed by atoms with E-state index in [4.69, 9.17) is 4.74 Å². The van der Waals surface area contributed by atoms with Crippen LogP contribution in [0.5, 0.6) is 5.75 Å². The first-order valence-electron chi connectivity index (χ1n) is 6.26. The molecule has 0 radical (unpaired) electrons. The number of H-pyrrole nitrogens is 1. The molecular weight excluding hydrogens is 288 g/mol. The zero-order valence-corrected chi connectivity index (χ0v) is 11.8. The van der Waals surface area contributed by atoms with Crippen molar-refractivity contribution in [1.82, 2.24) is 19.6 Å². The van der Waals surface area contributed by atoms with E-state index in [0.29, 0.717) is 17.2 Å². The summed E-state index contributed by atoms with van der Waals surface area (Å²) < 4.78 is 6.58. The molecule has 6 nitrogen and oxygen atoms in total. The maximum absolute atomic E-state index is 12.1. The van der Waals surface area contributed by atoms with Crippen LogP contribution in [0.1, 0.15) is 0 Å². The minimum Gasteiger partial charge on any atom is -0.495 e. The van der Waals surface area contributed by atoms with Crippen LogP contribution < -0.4 is 10.4 Å². The first kappa shape index (κ1) is 12.1. The van der Waals surface area contributed by atoms with Crippen molar-refractivity contribution in [2.24, 2.45) is 0 Å². The maximum Gasteiger partial charge on any atom is 0.348 e. The van der Waals surface area contributed by atoms with Crippen molar-refractivity contribution in [3.63, 3.8) is 0 Å². The highest BCUT2D eigenvalue weighted by molar-refractivity contribution is 7.08. The average Bonchev–Trinajstić information content (AvgIpc) is 3.14. The number of rotatable bonds is 2. The summed E-state index contributed by atoms with van der Waals surface area (Å²) in [6.45, 7) is 0. The molecule has 0 atom stereocenters. The summed E-state index contributed by atoms with van der Waals surface area (Å²) in [5.41, 5.74) is 1.76. The van der Waals surface area contributed by atoms with E-state index in [1.165, 1.54) is 15.9 Å². The Morgan fingerprint density at radius 2 is 2.14 bits per heavy atom. The predicted molar refractivity (Wildman–Crippen MR) is 81.0 cm³/mol. The molecule has 0 saturated carbocycles. The Morgan fingerprint density at radius 3 is 3.00 bits per heavy atom. The van der Waals surface area contributed by atoms with Gasteiger partial charge in [-0.3, -0.25) is 0 Å². The van der Waals surface area contributed by atoms with E-state index >= 15 is 0 Å². The Hall–Kier alpha value is -2.67. The van der Waals surface area contributed by atoms with Crippen molar-refractivity contribution in [1.29, 1.82) is 0 Å². The average molecular weight is 298 g/mol. The smallest absolute Gasteiger partial charge is 0.348 e. The molecule has 0 fully saturated rings. The van der Waals surface area contributed by atoms with Gasteiger partial charge >= 0.3 is 5.69 Å². The fourth-order valence-electron chi connectivity index (χ4n) is 2.30. The Kier molecular flexibility index (Phi) is 2.55. The summed E-state index contributed by atoms with van der Waals surface area (Å²) in [5.74, 6) is 1.19. The molecule has 1 N–H and O–H groups in total. The minimum absolute atomic E-state index is 0.309. The SMILES string of the molecule is COc1cscc1-c1nc2c3ccccc3[nH]c(=O)n2n1. The number of benzene rings is 1. The summed E-state index contributed by atoms with van der Waals surface area (Å²) in [7, 11) is 1.60. The number of aromatic nitrogens is 4. The first-order valence-corrected chi connectivity index (χ1v) is 7.20. The van der Waals surface area contributed by atoms with Gasteiger partial charge in [-0.25, -0.2) is 9.78 Å². The normalized spacial score (nSPS) is 11.3. The Labute approximate surface area is 122 Å². The molecule has 1 aromatic carbocycles. The van der Waals surface area contributed by atoms with Gasteiger partial charge in [-0.1, -0.05) is 12.1 Å². The number of nitrogens with one attached hydrogen (secondary N) is 1. The lowest BCUT2D eigenvalue weighted by Gasteiger charge is -1.97. The van der Waals surface area contributed by atoms with Gasteiger partial charge in [0.2, 0.25) is 0 Å². The Morgan fingerprint density at radius 1 is 1.29 bits per heavy atom. The molecule has 21 heavy (non-hydrogen) atoms. The molecule has 104 valence electrons. The van der Waals surface area contributed by atoms with Gasteiger partial charge in [-0.15, -0.1) is 16.4 Å². The van der Waals surface area contributed by atoms with Crippen molar-refractivity contribution >= 4 is 27.9 Å². The molecule has 3 heterocycles. The third-order valence-corrected chi connectivity index (χ3v) is 4.02. The van der Waals surface area contributed by atoms with Crippen LogP contribution >= 0.6 is 11.3 Å². The molecule has 0 aliphatic rings. The van der Waals surface area contributed by atoms with Crippen molar-refractivity contribution in [3.05, 3.63) is 45.5 Å². The fourth-order valence-corrected chi connectivity index (χ4v) is 3.08. The number of ether oxygens (including phenoxy) is 1. The van der Waals surface area contributed by atoms with Crippen molar-refractivity contribution in [3.8, 4) is 17.1 Å². The molecule has 0 bridgehead atoms. The Bertz CT molecular complexity index is 1010. The van der Waals surface area contributed by atoms with Crippen molar-refractivity contribution in [2.75, 3.05) is 7.11 Å². The zero-order valence-electron chi connectivity index (χ0n) is 11.0. The van der Waals surface area contributed by atoms with Crippen LogP contribution in [0, 0.1) is 0 Å². The second-order valence-corrected chi connectivity index (χ2v) is 5.24. The molecule has 0 aliphatic carbocycles. The van der Waals surface area contributed by atoms with Gasteiger partial charge in [0.05, 0.1) is 18.2 Å². The van der Waals surface area contributed by atoms with Gasteiger partial charge in [0.1, 0.15) is 5.75 Å². The lowest BCUT2D eigenvalue weighted by atomic mass is 10.2. The lowest BCUT2D eigenvalue weighted by molar-refractivity contribution is 0.418. The third kappa shape index (κ3) is 1.74. The Balaban J connectivity index is 2.08. The van der Waals surface area contributed by atoms with Crippen LogP contribution in [0.25, 0.3) is 27.9 Å². The second-order valence-electron chi connectivity index (χ2n) is 4.50. The van der Waals surface area contributed by atoms with Gasteiger partial charge < -0.3 is 9.72 Å². The predicted octanol–water partition coefficient (Wildman–Crippen LogP) is 2.31. The number of hydrogen-bond donors (Lipinski definition) is 1. The molecular formula is C14H10N4O2S. The molecule has 0 amide bonds. The zero-order chi connectivity index (χ0) is 14.4. The number of fused-ring (bicyclic) bond motifs is 3. The van der Waals surface area contributed by atoms with E-state index in [2.05, 4.69) is 15.1 Å². The van der Waals surface area contributed by atoms with E-state index in [9.17, 15) is 4.79 Å². The molecule has 0 saturated heterocycles. The highest BCUT2D eigenvalue weighted by Crippen LogP contribution is 2.31. The van der Waals surface area contributed by atoms with E-state index < -0.39 is 0 Å². The number of nitrogens with zero attached hydrogens (tertiary/aromatic N) is 3. The highest BCUT2D eigenvalue weighted by atomic mass is 32.1. The van der Waals surface area contributed by atoms with Crippen molar-refractivity contribution in [2.45, 2.75) is 0 Å². The summed E-state index contributed by atoms with van der Waals surface area (Å²) >= 11 is 1.50. The topological polar surface area (TPSA) is 72.3 Å². The number of methoxy groups -OCH3 is 1. The molecule has 0 spiro atoms. The summed E-state index contributed by atoms with van der Waals surface area (Å²) in [6.07, 6.45) is 0. The fraction of sp³-hybridized carbons (Fsp3) is 0.0714. The third-order valence-electron chi connectivity index (χ3n) is 3.30. The van der Waals surface area contributed by atoms with E-state index in [1.807, 2.05) is 35.0 Å². The lowest BCUT2D eigenvalue weighted by Crippen LogP contribution is -2.17. The van der Waals surface area contributed by atoms with Gasteiger partial charge in [-0.2, -0.15) is 4.52 Å². The monoisotopic (exact) mass is 298 g/mol. The standard InChI is InChI=1S/C14H10N4O2S/c1-20-11-7-21-6-9(11)12-16-13-8-4-2-3-5-10(8)15-14(19)18(13)17-12/h2-7H,1H3,(H,15,19). The molecule has 0 aliphatic heterocycles. The molecule has 3 aromatic heterocycles. The summed E-state index contributed by atoms with van der Waals surface area (Å²) in [5, 5.41) is 8.94. The van der Waals surface area contributed by atoms with Crippen LogP contribution in [0.3, 0.4) is 0 Å². The highest BCUT2D eigenvalue weighted by Gasteiger charge is 2.15. The molecule has 0 unspecified atom stereocenters. The number of hydrogen-bond acceptors (Lipinski definition) is 5. The second kappa shape index (κ2) is 4.42. The van der Waals surface area contributed by atoms with Crippen LogP contribution in [0.15, 0.2) is 39.8 Å². The van der Waals surface area contributed by atoms with E-state index in [1.54, 1.807) is 7.11 Å². The van der Waals surface area contributed by atoms with E-state index in [0.717, 1.165) is 16.5 Å². The molecule has 4 aromatic rings. The minimum atomic E-state index is -0.309. The number of thiophene rings is 1. The van der Waals surface area contributed by atoms with Crippen molar-refractivity contribution < 1.29 is 4.74 Å². The largest absolute Gasteiger partial charge is 0.495 e. The van der Waals surface area contributed by atoms with Crippen LogP contribution in [0.2, 0.25) is 0 Å². The van der Waals surface area contributed by atoms with Crippen LogP contribution in [-0.2, 0) is 0 Å². The summed E-state index contributed by atoms with van der Waals surface area (Å²) in [6, 6.07) is 7.52. The number of para-hydroxylation sites is 1. The summed E-state index contributed by atoms with van der Waals surface area (Å²) in [4.78, 5) is 19.4. The van der Waals surface area contributed by atoms with Crippen LogP contribution in [0.4, 0.5) is 0 Å². The van der Waals surface area contributed by atoms with Gasteiger partial charge in [0.15, 0.2) is 11.5 Å². The van der Waals surface area contributed by atoms with Gasteiger partial charge in [-0.05, 0) is 12.1 Å².